The fraction of sp³-hybridized carbons (Fsp3) is 0.222. The van der Waals surface area contributed by atoms with Crippen LogP contribution in [0.1, 0.15) is 18.1 Å². The van der Waals surface area contributed by atoms with E-state index in [2.05, 4.69) is 0 Å². The van der Waals surface area contributed by atoms with E-state index >= 15 is 0 Å². The summed E-state index contributed by atoms with van der Waals surface area (Å²) in [5.74, 6) is -0.976. The van der Waals surface area contributed by atoms with Crippen molar-refractivity contribution in [3.8, 4) is 5.75 Å². The molecule has 0 bridgehead atoms. The van der Waals surface area contributed by atoms with Crippen LogP contribution in [0.5, 0.6) is 5.75 Å². The van der Waals surface area contributed by atoms with Crippen molar-refractivity contribution >= 4 is 12.1 Å². The number of fused-ring (bicyclic) bond motifs is 1. The van der Waals surface area contributed by atoms with Crippen molar-refractivity contribution in [3.63, 3.8) is 0 Å². The van der Waals surface area contributed by atoms with E-state index in [-0.39, 0.29) is 17.9 Å². The van der Waals surface area contributed by atoms with E-state index in [0.717, 1.165) is 4.90 Å². The molecule has 0 N–H and O–H groups in total. The average Bonchev–Trinajstić information content (AvgIpc) is 2.87. The number of nitrogens with zero attached hydrogens (tertiary/aromatic N) is 1. The lowest BCUT2D eigenvalue weighted by molar-refractivity contribution is -0.141. The summed E-state index contributed by atoms with van der Waals surface area (Å²) in [4.78, 5) is 26.3. The van der Waals surface area contributed by atoms with Crippen molar-refractivity contribution in [2.75, 3.05) is 13.7 Å². The highest BCUT2D eigenvalue weighted by Gasteiger charge is 2.56. The van der Waals surface area contributed by atoms with Gasteiger partial charge >= 0.3 is 12.1 Å². The van der Waals surface area contributed by atoms with Gasteiger partial charge in [0.05, 0.1) is 6.61 Å². The lowest BCUT2D eigenvalue weighted by Crippen LogP contribution is -2.52. The first-order chi connectivity index (χ1) is 11.5. The summed E-state index contributed by atoms with van der Waals surface area (Å²) in [7, 11) is 1.44. The molecule has 0 fully saturated rings. The molecule has 5 nitrogen and oxygen atoms in total. The topological polar surface area (TPSA) is 55.8 Å². The Morgan fingerprint density at radius 1 is 1.25 bits per heavy atom. The van der Waals surface area contributed by atoms with Crippen LogP contribution in [0.3, 0.4) is 0 Å². The molecule has 124 valence electrons. The molecule has 24 heavy (non-hydrogen) atoms. The second-order valence-corrected chi connectivity index (χ2v) is 5.36. The normalized spacial score (nSPS) is 18.7. The lowest BCUT2D eigenvalue weighted by Gasteiger charge is -2.35. The number of esters is 1. The van der Waals surface area contributed by atoms with Gasteiger partial charge in [0.25, 0.3) is 0 Å². The summed E-state index contributed by atoms with van der Waals surface area (Å²) in [5, 5.41) is 0. The number of hydrogen-bond acceptors (Lipinski definition) is 4. The van der Waals surface area contributed by atoms with Gasteiger partial charge in [-0.25, -0.2) is 14.0 Å². The Balaban J connectivity index is 2.27. The number of carbonyl (C=O) groups excluding carboxylic acids is 2. The van der Waals surface area contributed by atoms with Crippen LogP contribution >= 0.6 is 0 Å². The highest BCUT2D eigenvalue weighted by Crippen LogP contribution is 2.46. The summed E-state index contributed by atoms with van der Waals surface area (Å²) in [5.41, 5.74) is -0.825. The molecule has 1 heterocycles. The fourth-order valence-electron chi connectivity index (χ4n) is 2.98. The Bertz CT molecular complexity index is 793. The number of hydrogen-bond donors (Lipinski definition) is 0. The van der Waals surface area contributed by atoms with Gasteiger partial charge in [-0.3, -0.25) is 4.90 Å². The van der Waals surface area contributed by atoms with Gasteiger partial charge in [0.1, 0.15) is 11.6 Å². The number of halogens is 1. The first-order valence-corrected chi connectivity index (χ1v) is 7.50. The van der Waals surface area contributed by atoms with Crippen molar-refractivity contribution in [2.24, 2.45) is 0 Å². The maximum atomic E-state index is 13.9. The zero-order valence-electron chi connectivity index (χ0n) is 13.3. The molecule has 2 aromatic rings. The molecular weight excluding hydrogens is 313 g/mol. The summed E-state index contributed by atoms with van der Waals surface area (Å²) in [6.45, 7) is 1.82. The van der Waals surface area contributed by atoms with E-state index in [4.69, 9.17) is 9.47 Å². The minimum absolute atomic E-state index is 0.152. The van der Waals surface area contributed by atoms with E-state index in [1.807, 2.05) is 0 Å². The first kappa shape index (κ1) is 16.0. The summed E-state index contributed by atoms with van der Waals surface area (Å²) in [6.07, 6.45) is -0.699. The molecular formula is C18H16FNO4. The molecule has 1 atom stereocenters. The molecule has 0 radical (unpaired) electrons. The van der Waals surface area contributed by atoms with Gasteiger partial charge in [-0.15, -0.1) is 0 Å². The van der Waals surface area contributed by atoms with Crippen molar-refractivity contribution in [1.29, 1.82) is 0 Å². The third-order valence-corrected chi connectivity index (χ3v) is 4.07. The Kier molecular flexibility index (Phi) is 3.97. The maximum absolute atomic E-state index is 13.9. The van der Waals surface area contributed by atoms with Crippen LogP contribution in [0, 0.1) is 5.82 Å². The van der Waals surface area contributed by atoms with Gasteiger partial charge in [-0.05, 0) is 30.7 Å². The first-order valence-electron chi connectivity index (χ1n) is 7.50. The fourth-order valence-corrected chi connectivity index (χ4v) is 2.98. The monoisotopic (exact) mass is 329 g/mol. The summed E-state index contributed by atoms with van der Waals surface area (Å²) < 4.78 is 24.2. The van der Waals surface area contributed by atoms with Gasteiger partial charge in [0.15, 0.2) is 5.54 Å². The van der Waals surface area contributed by atoms with E-state index in [1.165, 1.54) is 25.2 Å². The van der Waals surface area contributed by atoms with Gasteiger partial charge in [-0.1, -0.05) is 30.3 Å². The predicted octanol–water partition coefficient (Wildman–Crippen LogP) is 3.08. The highest BCUT2D eigenvalue weighted by atomic mass is 19.1. The lowest BCUT2D eigenvalue weighted by atomic mass is 9.82. The van der Waals surface area contributed by atoms with E-state index in [1.54, 1.807) is 37.3 Å². The number of likely N-dealkylation sites (N-methyl/N-ethyl adjacent to an activating group) is 1. The zero-order valence-corrected chi connectivity index (χ0v) is 13.3. The molecule has 1 aliphatic heterocycles. The number of benzene rings is 2. The molecule has 0 unspecified atom stereocenters. The molecule has 1 amide bonds. The van der Waals surface area contributed by atoms with Gasteiger partial charge in [0.2, 0.25) is 0 Å². The minimum atomic E-state index is -1.59. The highest BCUT2D eigenvalue weighted by molar-refractivity contribution is 5.96. The van der Waals surface area contributed by atoms with Crippen molar-refractivity contribution in [2.45, 2.75) is 12.5 Å². The number of ether oxygens (including phenoxy) is 2. The molecule has 0 aliphatic carbocycles. The molecule has 6 heteroatoms. The van der Waals surface area contributed by atoms with Crippen LogP contribution < -0.4 is 4.74 Å². The Hall–Kier alpha value is -2.89. The average molecular weight is 329 g/mol. The summed E-state index contributed by atoms with van der Waals surface area (Å²) in [6, 6.07) is 12.4. The predicted molar refractivity (Wildman–Crippen MR) is 84.0 cm³/mol. The van der Waals surface area contributed by atoms with Crippen LogP contribution in [-0.2, 0) is 15.1 Å². The van der Waals surface area contributed by atoms with Crippen LogP contribution in [-0.4, -0.2) is 30.6 Å². The quantitative estimate of drug-likeness (QED) is 0.641. The second-order valence-electron chi connectivity index (χ2n) is 5.36. The van der Waals surface area contributed by atoms with Crippen molar-refractivity contribution in [1.82, 2.24) is 4.90 Å². The molecule has 0 spiro atoms. The molecule has 1 aliphatic rings. The third-order valence-electron chi connectivity index (χ3n) is 4.07. The maximum Gasteiger partial charge on any atom is 0.410 e. The third kappa shape index (κ3) is 2.22. The minimum Gasteiger partial charge on any atom is -0.450 e. The Morgan fingerprint density at radius 3 is 2.62 bits per heavy atom. The second kappa shape index (κ2) is 5.96. The van der Waals surface area contributed by atoms with Crippen molar-refractivity contribution in [3.05, 3.63) is 65.5 Å². The SMILES string of the molecule is CCOC(=O)N(C)[C@@]1(c2ccccc2)C(=O)Oc2ccc(F)cc21. The van der Waals surface area contributed by atoms with Crippen LogP contribution in [0.15, 0.2) is 48.5 Å². The standard InChI is InChI=1S/C18H16FNO4/c1-3-23-17(22)20(2)18(12-7-5-4-6-8-12)14-11-13(19)9-10-15(14)24-16(18)21/h4-11H,3H2,1-2H3/t18-/m1/s1. The summed E-state index contributed by atoms with van der Waals surface area (Å²) >= 11 is 0. The van der Waals surface area contributed by atoms with Crippen LogP contribution in [0.4, 0.5) is 9.18 Å². The number of carbonyl (C=O) groups is 2. The van der Waals surface area contributed by atoms with Gasteiger partial charge in [0, 0.05) is 12.6 Å². The zero-order chi connectivity index (χ0) is 17.3. The molecule has 2 aromatic carbocycles. The van der Waals surface area contributed by atoms with Crippen LogP contribution in [0.2, 0.25) is 0 Å². The molecule has 0 aromatic heterocycles. The smallest absolute Gasteiger partial charge is 0.410 e. The number of rotatable bonds is 3. The largest absolute Gasteiger partial charge is 0.450 e. The molecule has 3 rings (SSSR count). The van der Waals surface area contributed by atoms with Crippen LogP contribution in [0.25, 0.3) is 0 Å². The van der Waals surface area contributed by atoms with Crippen molar-refractivity contribution < 1.29 is 23.5 Å². The number of amides is 1. The molecule has 0 saturated heterocycles. The van der Waals surface area contributed by atoms with E-state index in [0.29, 0.717) is 5.56 Å². The van der Waals surface area contributed by atoms with Gasteiger partial charge in [-0.2, -0.15) is 0 Å². The molecule has 0 saturated carbocycles. The Labute approximate surface area is 138 Å². The van der Waals surface area contributed by atoms with Gasteiger partial charge < -0.3 is 9.47 Å². The Morgan fingerprint density at radius 2 is 1.96 bits per heavy atom. The van der Waals surface area contributed by atoms with E-state index in [9.17, 15) is 14.0 Å². The van der Waals surface area contributed by atoms with E-state index < -0.39 is 23.4 Å².